The predicted octanol–water partition coefficient (Wildman–Crippen LogP) is 1.50. The van der Waals surface area contributed by atoms with Crippen molar-refractivity contribution >= 4 is 11.8 Å². The van der Waals surface area contributed by atoms with Gasteiger partial charge in [0.25, 0.3) is 0 Å². The molecule has 6 heteroatoms. The summed E-state index contributed by atoms with van der Waals surface area (Å²) < 4.78 is 12.0. The van der Waals surface area contributed by atoms with Crippen molar-refractivity contribution < 1.29 is 24.2 Å². The van der Waals surface area contributed by atoms with Crippen molar-refractivity contribution in [1.82, 2.24) is 4.90 Å². The number of carbonyl (C=O) groups excluding carboxylic acids is 2. The van der Waals surface area contributed by atoms with Crippen molar-refractivity contribution in [2.75, 3.05) is 13.6 Å². The normalized spacial score (nSPS) is 44.4. The number of ether oxygens (including phenoxy) is 2. The van der Waals surface area contributed by atoms with Crippen LogP contribution in [0.4, 0.5) is 0 Å². The average Bonchev–Trinajstić information content (AvgIpc) is 2.96. The Hall–Kier alpha value is -1.92. The number of piperidine rings is 1. The number of aliphatic hydroxyl groups is 1. The molecule has 27 heavy (non-hydrogen) atoms. The van der Waals surface area contributed by atoms with E-state index in [2.05, 4.69) is 18.0 Å². The average molecular weight is 371 g/mol. The summed E-state index contributed by atoms with van der Waals surface area (Å²) in [7, 11) is 2.15. The zero-order valence-electron chi connectivity index (χ0n) is 15.9. The van der Waals surface area contributed by atoms with Gasteiger partial charge >= 0.3 is 5.97 Å². The number of hydrogen-bond acceptors (Lipinski definition) is 6. The molecule has 1 saturated heterocycles. The molecule has 6 nitrogen and oxygen atoms in total. The molecule has 0 radical (unpaired) electrons. The van der Waals surface area contributed by atoms with Crippen molar-refractivity contribution in [1.29, 1.82) is 0 Å². The van der Waals surface area contributed by atoms with E-state index in [0.717, 1.165) is 25.0 Å². The van der Waals surface area contributed by atoms with Gasteiger partial charge in [0.15, 0.2) is 17.5 Å². The molecule has 2 aliphatic heterocycles. The highest BCUT2D eigenvalue weighted by Crippen LogP contribution is 2.66. The summed E-state index contributed by atoms with van der Waals surface area (Å²) in [5.41, 5.74) is 0.220. The van der Waals surface area contributed by atoms with Gasteiger partial charge in [0.1, 0.15) is 11.9 Å². The van der Waals surface area contributed by atoms with Gasteiger partial charge in [-0.05, 0) is 45.0 Å². The number of likely N-dealkylation sites (tertiary alicyclic amines) is 1. The highest BCUT2D eigenvalue weighted by atomic mass is 16.6. The van der Waals surface area contributed by atoms with Crippen molar-refractivity contribution in [2.24, 2.45) is 11.3 Å². The van der Waals surface area contributed by atoms with Crippen LogP contribution in [0, 0.1) is 11.3 Å². The van der Waals surface area contributed by atoms with E-state index in [1.165, 1.54) is 19.4 Å². The molecule has 3 aliphatic carbocycles. The van der Waals surface area contributed by atoms with E-state index >= 15 is 0 Å². The number of Topliss-reactive ketones (excluding diaryl/α,β-unsaturated/α-hetero) is 1. The van der Waals surface area contributed by atoms with Gasteiger partial charge in [0, 0.05) is 36.3 Å². The second-order valence-electron chi connectivity index (χ2n) is 8.62. The Labute approximate surface area is 158 Å². The van der Waals surface area contributed by atoms with E-state index in [1.54, 1.807) is 0 Å². The summed E-state index contributed by atoms with van der Waals surface area (Å²) in [4.78, 5) is 26.4. The maximum Gasteiger partial charge on any atom is 0.303 e. The summed E-state index contributed by atoms with van der Waals surface area (Å²) in [6.07, 6.45) is 7.19. The minimum absolute atomic E-state index is 0.215. The topological polar surface area (TPSA) is 76.1 Å². The maximum absolute atomic E-state index is 12.4. The third-order valence-corrected chi connectivity index (χ3v) is 7.36. The molecule has 0 aromatic heterocycles. The lowest BCUT2D eigenvalue weighted by Gasteiger charge is -2.58. The number of nitrogens with zero attached hydrogens (tertiary/aromatic N) is 1. The molecule has 2 fully saturated rings. The quantitative estimate of drug-likeness (QED) is 0.586. The van der Waals surface area contributed by atoms with E-state index in [9.17, 15) is 14.7 Å². The zero-order valence-corrected chi connectivity index (χ0v) is 15.9. The van der Waals surface area contributed by atoms with Gasteiger partial charge in [0.05, 0.1) is 0 Å². The SMILES string of the molecule is CC(=O)O[C@H]1C=C[C@H]2[C@H]3CC4=CCC(O)(C(C)=O)C5=C4[C@@]2(CCN3C)[C@H]1O5. The van der Waals surface area contributed by atoms with Crippen LogP contribution in [0.25, 0.3) is 0 Å². The van der Waals surface area contributed by atoms with Gasteiger partial charge in [0.2, 0.25) is 0 Å². The first-order valence-electron chi connectivity index (χ1n) is 9.69. The first-order valence-corrected chi connectivity index (χ1v) is 9.69. The summed E-state index contributed by atoms with van der Waals surface area (Å²) in [6, 6.07) is 0.345. The van der Waals surface area contributed by atoms with Crippen LogP contribution < -0.4 is 0 Å². The largest absolute Gasteiger partial charge is 0.486 e. The van der Waals surface area contributed by atoms with Crippen molar-refractivity contribution in [3.05, 3.63) is 35.1 Å². The van der Waals surface area contributed by atoms with Crippen LogP contribution in [0.5, 0.6) is 0 Å². The second kappa shape index (κ2) is 5.32. The lowest BCUT2D eigenvalue weighted by Crippen LogP contribution is -2.62. The first kappa shape index (κ1) is 17.2. The molecule has 1 unspecified atom stereocenters. The van der Waals surface area contributed by atoms with Crippen LogP contribution in [-0.4, -0.2) is 59.2 Å². The van der Waals surface area contributed by atoms with Gasteiger partial charge in [-0.15, -0.1) is 0 Å². The highest BCUT2D eigenvalue weighted by molar-refractivity contribution is 5.89. The minimum Gasteiger partial charge on any atom is -0.486 e. The van der Waals surface area contributed by atoms with Gasteiger partial charge in [-0.25, -0.2) is 0 Å². The molecule has 2 heterocycles. The lowest BCUT2D eigenvalue weighted by molar-refractivity contribution is -0.161. The van der Waals surface area contributed by atoms with Crippen LogP contribution in [-0.2, 0) is 19.1 Å². The first-order chi connectivity index (χ1) is 12.8. The molecular weight excluding hydrogens is 346 g/mol. The fourth-order valence-electron chi connectivity index (χ4n) is 6.07. The zero-order chi connectivity index (χ0) is 19.1. The van der Waals surface area contributed by atoms with Crippen molar-refractivity contribution in [2.45, 2.75) is 57.0 Å². The minimum atomic E-state index is -1.62. The molecule has 0 amide bonds. The number of rotatable bonds is 2. The Balaban J connectivity index is 1.72. The Morgan fingerprint density at radius 2 is 2.11 bits per heavy atom. The molecule has 5 aliphatic rings. The standard InChI is InChI=1S/C21H25NO5/c1-11(23)21(25)7-6-13-10-15-14-4-5-16(26-12(2)24)18-20(14,8-9-22(15)3)17(13)19(21)27-18/h4-6,14-16,18,25H,7-10H2,1-3H3/t14-,15+,16-,18-,20-,21?/m0/s1. The van der Waals surface area contributed by atoms with Gasteiger partial charge in [-0.3, -0.25) is 9.59 Å². The van der Waals surface area contributed by atoms with Crippen LogP contribution >= 0.6 is 0 Å². The fourth-order valence-corrected chi connectivity index (χ4v) is 6.07. The van der Waals surface area contributed by atoms with E-state index in [4.69, 9.17) is 9.47 Å². The third-order valence-electron chi connectivity index (χ3n) is 7.36. The molecule has 144 valence electrons. The molecule has 1 saturated carbocycles. The lowest BCUT2D eigenvalue weighted by atomic mass is 9.51. The van der Waals surface area contributed by atoms with Crippen LogP contribution in [0.15, 0.2) is 35.1 Å². The molecule has 0 aromatic rings. The Bertz CT molecular complexity index is 842. The summed E-state index contributed by atoms with van der Waals surface area (Å²) in [5.74, 6) is -0.0387. The fraction of sp³-hybridized carbons (Fsp3) is 0.619. The summed E-state index contributed by atoms with van der Waals surface area (Å²) in [5, 5.41) is 11.2. The Morgan fingerprint density at radius 3 is 2.81 bits per heavy atom. The van der Waals surface area contributed by atoms with E-state index < -0.39 is 17.8 Å². The van der Waals surface area contributed by atoms with Gasteiger partial charge in [-0.2, -0.15) is 0 Å². The van der Waals surface area contributed by atoms with Crippen LogP contribution in [0.3, 0.4) is 0 Å². The number of esters is 1. The van der Waals surface area contributed by atoms with Crippen LogP contribution in [0.2, 0.25) is 0 Å². The summed E-state index contributed by atoms with van der Waals surface area (Å²) >= 11 is 0. The van der Waals surface area contributed by atoms with Crippen molar-refractivity contribution in [3.63, 3.8) is 0 Å². The number of ketones is 1. The van der Waals surface area contributed by atoms with Gasteiger partial charge < -0.3 is 19.5 Å². The molecule has 1 N–H and O–H groups in total. The molecule has 5 rings (SSSR count). The van der Waals surface area contributed by atoms with E-state index in [-0.39, 0.29) is 29.5 Å². The molecule has 2 bridgehead atoms. The smallest absolute Gasteiger partial charge is 0.303 e. The monoisotopic (exact) mass is 371 g/mol. The van der Waals surface area contributed by atoms with Crippen molar-refractivity contribution in [3.8, 4) is 0 Å². The molecular formula is C21H25NO5. The Kier molecular flexibility index (Phi) is 3.39. The maximum atomic E-state index is 12.4. The molecule has 6 atom stereocenters. The molecule has 0 aromatic carbocycles. The van der Waals surface area contributed by atoms with Gasteiger partial charge in [-0.1, -0.05) is 12.2 Å². The number of carbonyl (C=O) groups is 2. The molecule has 1 spiro atoms. The number of hydrogen-bond donors (Lipinski definition) is 1. The Morgan fingerprint density at radius 1 is 1.33 bits per heavy atom. The third kappa shape index (κ3) is 1.98. The van der Waals surface area contributed by atoms with E-state index in [0.29, 0.717) is 11.8 Å². The second-order valence-corrected chi connectivity index (χ2v) is 8.62. The highest BCUT2D eigenvalue weighted by Gasteiger charge is 2.68. The summed E-state index contributed by atoms with van der Waals surface area (Å²) in [6.45, 7) is 3.72. The van der Waals surface area contributed by atoms with E-state index in [1.807, 2.05) is 12.2 Å². The van der Waals surface area contributed by atoms with Crippen LogP contribution in [0.1, 0.15) is 33.1 Å². The predicted molar refractivity (Wildman–Crippen MR) is 96.5 cm³/mol.